The number of benzene rings is 2. The van der Waals surface area contributed by atoms with Gasteiger partial charge in [-0.1, -0.05) is 48.0 Å². The summed E-state index contributed by atoms with van der Waals surface area (Å²) in [6.07, 6.45) is 0. The van der Waals surface area contributed by atoms with Crippen LogP contribution in [-0.2, 0) is 0 Å². The first-order chi connectivity index (χ1) is 9.65. The van der Waals surface area contributed by atoms with Crippen molar-refractivity contribution in [2.45, 2.75) is 19.8 Å². The number of ether oxygens (including phenoxy) is 1. The van der Waals surface area contributed by atoms with Crippen LogP contribution in [0.3, 0.4) is 0 Å². The largest absolute Gasteiger partial charge is 0.492 e. The molecule has 0 amide bonds. The molecule has 0 aliphatic carbocycles. The van der Waals surface area contributed by atoms with Crippen LogP contribution in [0.4, 0.5) is 5.69 Å². The number of nitrogens with one attached hydrogen (secondary N) is 1. The van der Waals surface area contributed by atoms with Gasteiger partial charge >= 0.3 is 0 Å². The van der Waals surface area contributed by atoms with Crippen LogP contribution in [0.25, 0.3) is 0 Å². The van der Waals surface area contributed by atoms with Crippen molar-refractivity contribution in [2.24, 2.45) is 0 Å². The Labute approximate surface area is 129 Å². The van der Waals surface area contributed by atoms with E-state index in [0.29, 0.717) is 12.5 Å². The van der Waals surface area contributed by atoms with Crippen molar-refractivity contribution < 1.29 is 4.74 Å². The normalized spacial score (nSPS) is 10.6. The van der Waals surface area contributed by atoms with E-state index >= 15 is 0 Å². The molecule has 1 N–H and O–H groups in total. The minimum Gasteiger partial charge on any atom is -0.492 e. The van der Waals surface area contributed by atoms with Gasteiger partial charge in [0, 0.05) is 16.7 Å². The van der Waals surface area contributed by atoms with Gasteiger partial charge in [0.25, 0.3) is 0 Å². The Hall–Kier alpha value is -1.48. The second-order valence-corrected chi connectivity index (χ2v) is 5.92. The second kappa shape index (κ2) is 7.34. The summed E-state index contributed by atoms with van der Waals surface area (Å²) in [6, 6.07) is 16.4. The molecule has 0 aromatic heterocycles. The van der Waals surface area contributed by atoms with Crippen molar-refractivity contribution >= 4 is 21.6 Å². The molecule has 0 bridgehead atoms. The number of hydrogen-bond acceptors (Lipinski definition) is 2. The summed E-state index contributed by atoms with van der Waals surface area (Å²) in [5, 5.41) is 3.33. The first kappa shape index (κ1) is 14.9. The zero-order chi connectivity index (χ0) is 14.4. The average molecular weight is 334 g/mol. The van der Waals surface area contributed by atoms with Crippen molar-refractivity contribution in [3.05, 3.63) is 58.6 Å². The fraction of sp³-hybridized carbons (Fsp3) is 0.294. The molecule has 0 radical (unpaired) electrons. The molecule has 0 saturated carbocycles. The van der Waals surface area contributed by atoms with Gasteiger partial charge in [0.05, 0.1) is 0 Å². The van der Waals surface area contributed by atoms with E-state index in [1.165, 1.54) is 5.56 Å². The Balaban J connectivity index is 1.75. The van der Waals surface area contributed by atoms with Crippen LogP contribution in [0.15, 0.2) is 53.0 Å². The monoisotopic (exact) mass is 333 g/mol. The van der Waals surface area contributed by atoms with E-state index < -0.39 is 0 Å². The molecule has 0 unspecified atom stereocenters. The third-order valence-electron chi connectivity index (χ3n) is 3.07. The summed E-state index contributed by atoms with van der Waals surface area (Å²) in [5.41, 5.74) is 2.43. The van der Waals surface area contributed by atoms with Crippen molar-refractivity contribution in [2.75, 3.05) is 18.5 Å². The van der Waals surface area contributed by atoms with Crippen LogP contribution in [-0.4, -0.2) is 13.2 Å². The summed E-state index contributed by atoms with van der Waals surface area (Å²) in [5.74, 6) is 1.48. The Morgan fingerprint density at radius 1 is 1.10 bits per heavy atom. The van der Waals surface area contributed by atoms with E-state index in [-0.39, 0.29) is 0 Å². The van der Waals surface area contributed by atoms with Gasteiger partial charge in [0.1, 0.15) is 12.4 Å². The molecule has 3 heteroatoms. The van der Waals surface area contributed by atoms with Crippen molar-refractivity contribution in [1.29, 1.82) is 0 Å². The molecule has 0 atom stereocenters. The molecule has 2 aromatic rings. The summed E-state index contributed by atoms with van der Waals surface area (Å²) in [4.78, 5) is 0. The first-order valence-corrected chi connectivity index (χ1v) is 7.66. The second-order valence-electron chi connectivity index (χ2n) is 5.01. The molecule has 0 aliphatic heterocycles. The van der Waals surface area contributed by atoms with Crippen LogP contribution < -0.4 is 10.1 Å². The highest BCUT2D eigenvalue weighted by atomic mass is 79.9. The average Bonchev–Trinajstić information content (AvgIpc) is 2.44. The standard InChI is InChI=1S/C17H20BrNO/c1-13(2)14-6-8-17(9-7-14)20-11-10-19-16-5-3-4-15(18)12-16/h3-9,12-13,19H,10-11H2,1-2H3. The van der Waals surface area contributed by atoms with Crippen LogP contribution in [0.1, 0.15) is 25.3 Å². The lowest BCUT2D eigenvalue weighted by Crippen LogP contribution is -2.11. The van der Waals surface area contributed by atoms with E-state index in [2.05, 4.69) is 53.3 Å². The maximum absolute atomic E-state index is 5.72. The SMILES string of the molecule is CC(C)c1ccc(OCCNc2cccc(Br)c2)cc1. The van der Waals surface area contributed by atoms with E-state index in [9.17, 15) is 0 Å². The van der Waals surface area contributed by atoms with Crippen LogP contribution >= 0.6 is 15.9 Å². The number of halogens is 1. The molecule has 0 aliphatic rings. The quantitative estimate of drug-likeness (QED) is 0.745. The molecule has 0 fully saturated rings. The number of hydrogen-bond donors (Lipinski definition) is 1. The van der Waals surface area contributed by atoms with Gasteiger partial charge in [-0.3, -0.25) is 0 Å². The van der Waals surface area contributed by atoms with E-state index in [1.54, 1.807) is 0 Å². The van der Waals surface area contributed by atoms with Gasteiger partial charge in [-0.25, -0.2) is 0 Å². The molecule has 2 rings (SSSR count). The summed E-state index contributed by atoms with van der Waals surface area (Å²) >= 11 is 3.45. The Bertz CT molecular complexity index is 537. The molecule has 2 nitrogen and oxygen atoms in total. The molecular weight excluding hydrogens is 314 g/mol. The van der Waals surface area contributed by atoms with E-state index in [4.69, 9.17) is 4.74 Å². The molecular formula is C17H20BrNO. The topological polar surface area (TPSA) is 21.3 Å². The minimum absolute atomic E-state index is 0.558. The third kappa shape index (κ3) is 4.57. The lowest BCUT2D eigenvalue weighted by Gasteiger charge is -2.10. The third-order valence-corrected chi connectivity index (χ3v) is 3.56. The Morgan fingerprint density at radius 2 is 1.85 bits per heavy atom. The molecule has 106 valence electrons. The first-order valence-electron chi connectivity index (χ1n) is 6.87. The van der Waals surface area contributed by atoms with Crippen LogP contribution in [0.5, 0.6) is 5.75 Å². The zero-order valence-electron chi connectivity index (χ0n) is 11.9. The minimum atomic E-state index is 0.558. The molecule has 0 heterocycles. The predicted octanol–water partition coefficient (Wildman–Crippen LogP) is 5.06. The summed E-state index contributed by atoms with van der Waals surface area (Å²) < 4.78 is 6.80. The molecule has 0 spiro atoms. The highest BCUT2D eigenvalue weighted by molar-refractivity contribution is 9.10. The maximum atomic E-state index is 5.72. The summed E-state index contributed by atoms with van der Waals surface area (Å²) in [7, 11) is 0. The van der Waals surface area contributed by atoms with Gasteiger partial charge in [0.15, 0.2) is 0 Å². The number of rotatable bonds is 6. The Morgan fingerprint density at radius 3 is 2.50 bits per heavy atom. The lowest BCUT2D eigenvalue weighted by atomic mass is 10.0. The van der Waals surface area contributed by atoms with Crippen molar-refractivity contribution in [1.82, 2.24) is 0 Å². The van der Waals surface area contributed by atoms with Gasteiger partial charge in [-0.05, 0) is 41.8 Å². The fourth-order valence-electron chi connectivity index (χ4n) is 1.91. The predicted molar refractivity (Wildman–Crippen MR) is 88.7 cm³/mol. The smallest absolute Gasteiger partial charge is 0.119 e. The van der Waals surface area contributed by atoms with Crippen LogP contribution in [0.2, 0.25) is 0 Å². The van der Waals surface area contributed by atoms with Gasteiger partial charge in [-0.2, -0.15) is 0 Å². The Kier molecular flexibility index (Phi) is 5.48. The fourth-order valence-corrected chi connectivity index (χ4v) is 2.31. The number of anilines is 1. The molecule has 2 aromatic carbocycles. The van der Waals surface area contributed by atoms with Gasteiger partial charge in [0.2, 0.25) is 0 Å². The molecule has 0 saturated heterocycles. The van der Waals surface area contributed by atoms with Crippen molar-refractivity contribution in [3.8, 4) is 5.75 Å². The maximum Gasteiger partial charge on any atom is 0.119 e. The van der Waals surface area contributed by atoms with Gasteiger partial charge in [-0.15, -0.1) is 0 Å². The van der Waals surface area contributed by atoms with Gasteiger partial charge < -0.3 is 10.1 Å². The van der Waals surface area contributed by atoms with Crippen molar-refractivity contribution in [3.63, 3.8) is 0 Å². The lowest BCUT2D eigenvalue weighted by molar-refractivity contribution is 0.333. The zero-order valence-corrected chi connectivity index (χ0v) is 13.5. The highest BCUT2D eigenvalue weighted by Gasteiger charge is 1.99. The molecule has 20 heavy (non-hydrogen) atoms. The van der Waals surface area contributed by atoms with E-state index in [0.717, 1.165) is 22.5 Å². The van der Waals surface area contributed by atoms with E-state index in [1.807, 2.05) is 30.3 Å². The highest BCUT2D eigenvalue weighted by Crippen LogP contribution is 2.18. The van der Waals surface area contributed by atoms with Crippen LogP contribution in [0, 0.1) is 0 Å². The summed E-state index contributed by atoms with van der Waals surface area (Å²) in [6.45, 7) is 5.81.